The minimum Gasteiger partial charge on any atom is -0.252 e. The molecule has 2 rings (SSSR count). The molecule has 0 aromatic rings. The van der Waals surface area contributed by atoms with Gasteiger partial charge in [-0.2, -0.15) is 0 Å². The van der Waals surface area contributed by atoms with Gasteiger partial charge >= 0.3 is 0 Å². The normalized spacial score (nSPS) is 30.0. The molecule has 2 nitrogen and oxygen atoms in total. The molecule has 1 N–H and O–H groups in total. The third-order valence-electron chi connectivity index (χ3n) is 3.32. The lowest BCUT2D eigenvalue weighted by atomic mass is 9.69. The van der Waals surface area contributed by atoms with E-state index in [9.17, 15) is 0 Å². The molecule has 2 fully saturated rings. The van der Waals surface area contributed by atoms with Gasteiger partial charge in [0.15, 0.2) is 0 Å². The molecule has 0 atom stereocenters. The highest BCUT2D eigenvalue weighted by Gasteiger charge is 2.36. The lowest BCUT2D eigenvalue weighted by Gasteiger charge is -2.45. The summed E-state index contributed by atoms with van der Waals surface area (Å²) in [5.74, 6) is 0. The van der Waals surface area contributed by atoms with Crippen LogP contribution in [-0.2, 0) is 0 Å². The molecule has 2 heteroatoms. The first-order valence-corrected chi connectivity index (χ1v) is 5.67. The summed E-state index contributed by atoms with van der Waals surface area (Å²) in [5, 5.41) is 2.43. The lowest BCUT2D eigenvalue weighted by molar-refractivity contribution is 0.0382. The molecule has 1 aliphatic heterocycles. The van der Waals surface area contributed by atoms with Crippen molar-refractivity contribution in [1.29, 1.82) is 0 Å². The van der Waals surface area contributed by atoms with E-state index in [4.69, 9.17) is 0 Å². The van der Waals surface area contributed by atoms with Gasteiger partial charge in [0.25, 0.3) is 0 Å². The van der Waals surface area contributed by atoms with Crippen LogP contribution in [0.1, 0.15) is 46.0 Å². The van der Waals surface area contributed by atoms with Crippen LogP contribution >= 0.6 is 0 Å². The summed E-state index contributed by atoms with van der Waals surface area (Å²) in [5.41, 5.74) is 4.25. The Bertz CT molecular complexity index is 163. The predicted molar refractivity (Wildman–Crippen MR) is 55.4 cm³/mol. The molecule has 0 aromatic heterocycles. The fourth-order valence-electron chi connectivity index (χ4n) is 2.65. The van der Waals surface area contributed by atoms with Crippen molar-refractivity contribution in [3.8, 4) is 0 Å². The van der Waals surface area contributed by atoms with Crippen molar-refractivity contribution in [2.75, 3.05) is 13.1 Å². The molecule has 0 spiro atoms. The Hall–Kier alpha value is -0.0800. The van der Waals surface area contributed by atoms with Crippen LogP contribution in [0.3, 0.4) is 0 Å². The Balaban J connectivity index is 1.68. The highest BCUT2D eigenvalue weighted by Crippen LogP contribution is 2.39. The van der Waals surface area contributed by atoms with Crippen LogP contribution < -0.4 is 5.43 Å². The number of piperidine rings is 1. The van der Waals surface area contributed by atoms with Crippen LogP contribution in [0.4, 0.5) is 0 Å². The highest BCUT2D eigenvalue weighted by molar-refractivity contribution is 4.91. The molecule has 0 amide bonds. The summed E-state index contributed by atoms with van der Waals surface area (Å²) in [6, 6.07) is 0.771. The van der Waals surface area contributed by atoms with Crippen molar-refractivity contribution in [3.05, 3.63) is 0 Å². The average molecular weight is 182 g/mol. The number of hydrogen-bond donors (Lipinski definition) is 1. The van der Waals surface area contributed by atoms with Crippen molar-refractivity contribution in [2.45, 2.75) is 52.0 Å². The molecular formula is C11H22N2. The van der Waals surface area contributed by atoms with Crippen molar-refractivity contribution in [1.82, 2.24) is 10.4 Å². The maximum Gasteiger partial charge on any atom is 0.0225 e. The quantitative estimate of drug-likeness (QED) is 0.704. The van der Waals surface area contributed by atoms with Gasteiger partial charge < -0.3 is 0 Å². The molecule has 0 aromatic carbocycles. The Morgan fingerprint density at radius 1 is 1.08 bits per heavy atom. The first-order valence-electron chi connectivity index (χ1n) is 5.67. The number of hydrazine groups is 1. The summed E-state index contributed by atoms with van der Waals surface area (Å²) < 4.78 is 0. The maximum absolute atomic E-state index is 3.64. The highest BCUT2D eigenvalue weighted by atomic mass is 15.5. The maximum atomic E-state index is 3.64. The van der Waals surface area contributed by atoms with Crippen molar-refractivity contribution in [2.24, 2.45) is 5.41 Å². The summed E-state index contributed by atoms with van der Waals surface area (Å²) in [6.07, 6.45) is 6.88. The monoisotopic (exact) mass is 182 g/mol. The van der Waals surface area contributed by atoms with Gasteiger partial charge in [0, 0.05) is 19.1 Å². The van der Waals surface area contributed by atoms with Gasteiger partial charge in [-0.3, -0.25) is 5.43 Å². The average Bonchev–Trinajstić information content (AvgIpc) is 2.03. The van der Waals surface area contributed by atoms with Crippen LogP contribution in [0.5, 0.6) is 0 Å². The Labute approximate surface area is 81.7 Å². The van der Waals surface area contributed by atoms with E-state index in [1.807, 2.05) is 0 Å². The van der Waals surface area contributed by atoms with Crippen LogP contribution in [0, 0.1) is 5.41 Å². The number of nitrogens with one attached hydrogen (secondary N) is 1. The second-order valence-electron chi connectivity index (χ2n) is 5.45. The van der Waals surface area contributed by atoms with E-state index in [1.54, 1.807) is 0 Å². The molecule has 76 valence electrons. The van der Waals surface area contributed by atoms with Gasteiger partial charge in [-0.25, -0.2) is 5.01 Å². The van der Waals surface area contributed by atoms with Crippen LogP contribution in [0.2, 0.25) is 0 Å². The predicted octanol–water partition coefficient (Wildman–Crippen LogP) is 2.17. The van der Waals surface area contributed by atoms with E-state index in [0.717, 1.165) is 6.04 Å². The summed E-state index contributed by atoms with van der Waals surface area (Å²) in [7, 11) is 0. The SMILES string of the molecule is CC1(C)CC(NN2CCCCC2)C1. The van der Waals surface area contributed by atoms with Crippen molar-refractivity contribution < 1.29 is 0 Å². The number of hydrogen-bond acceptors (Lipinski definition) is 2. The van der Waals surface area contributed by atoms with Gasteiger partial charge in [0.2, 0.25) is 0 Å². The zero-order chi connectivity index (χ0) is 9.31. The van der Waals surface area contributed by atoms with Crippen LogP contribution in [-0.4, -0.2) is 24.1 Å². The third kappa shape index (κ3) is 2.44. The van der Waals surface area contributed by atoms with E-state index >= 15 is 0 Å². The minimum absolute atomic E-state index is 0.605. The number of rotatable bonds is 2. The fourth-order valence-corrected chi connectivity index (χ4v) is 2.65. The second-order valence-corrected chi connectivity index (χ2v) is 5.45. The molecular weight excluding hydrogens is 160 g/mol. The lowest BCUT2D eigenvalue weighted by Crippen LogP contribution is -2.54. The van der Waals surface area contributed by atoms with Crippen LogP contribution in [0.25, 0.3) is 0 Å². The van der Waals surface area contributed by atoms with Gasteiger partial charge in [-0.05, 0) is 31.1 Å². The van der Waals surface area contributed by atoms with E-state index in [2.05, 4.69) is 24.3 Å². The number of nitrogens with zero attached hydrogens (tertiary/aromatic N) is 1. The van der Waals surface area contributed by atoms with E-state index < -0.39 is 0 Å². The third-order valence-corrected chi connectivity index (χ3v) is 3.32. The molecule has 2 aliphatic rings. The first kappa shape index (κ1) is 9.47. The Morgan fingerprint density at radius 3 is 2.23 bits per heavy atom. The van der Waals surface area contributed by atoms with Crippen LogP contribution in [0.15, 0.2) is 0 Å². The largest absolute Gasteiger partial charge is 0.252 e. The molecule has 1 aliphatic carbocycles. The molecule has 1 saturated carbocycles. The summed E-state index contributed by atoms with van der Waals surface area (Å²) in [4.78, 5) is 0. The zero-order valence-electron chi connectivity index (χ0n) is 8.97. The molecule has 1 heterocycles. The standard InChI is InChI=1S/C11H22N2/c1-11(2)8-10(9-11)12-13-6-4-3-5-7-13/h10,12H,3-9H2,1-2H3. The molecule has 0 bridgehead atoms. The fraction of sp³-hybridized carbons (Fsp3) is 1.00. The summed E-state index contributed by atoms with van der Waals surface area (Å²) in [6.45, 7) is 7.25. The van der Waals surface area contributed by atoms with Crippen molar-refractivity contribution in [3.63, 3.8) is 0 Å². The first-order chi connectivity index (χ1) is 6.16. The van der Waals surface area contributed by atoms with Crippen molar-refractivity contribution >= 4 is 0 Å². The Morgan fingerprint density at radius 2 is 1.69 bits per heavy atom. The molecule has 13 heavy (non-hydrogen) atoms. The van der Waals surface area contributed by atoms with E-state index in [-0.39, 0.29) is 0 Å². The molecule has 1 saturated heterocycles. The second kappa shape index (κ2) is 3.58. The summed E-state index contributed by atoms with van der Waals surface area (Å²) >= 11 is 0. The topological polar surface area (TPSA) is 15.3 Å². The molecule has 0 radical (unpaired) electrons. The Kier molecular flexibility index (Phi) is 2.61. The van der Waals surface area contributed by atoms with Gasteiger partial charge in [-0.1, -0.05) is 20.3 Å². The zero-order valence-corrected chi connectivity index (χ0v) is 8.97. The van der Waals surface area contributed by atoms with E-state index in [1.165, 1.54) is 45.2 Å². The smallest absolute Gasteiger partial charge is 0.0225 e. The molecule has 0 unspecified atom stereocenters. The van der Waals surface area contributed by atoms with Gasteiger partial charge in [0.1, 0.15) is 0 Å². The van der Waals surface area contributed by atoms with E-state index in [0.29, 0.717) is 5.41 Å². The van der Waals surface area contributed by atoms with Gasteiger partial charge in [0.05, 0.1) is 0 Å². The van der Waals surface area contributed by atoms with Gasteiger partial charge in [-0.15, -0.1) is 0 Å². The minimum atomic E-state index is 0.605.